The molecule has 0 unspecified atom stereocenters. The largest absolute Gasteiger partial charge is 0.478 e. The second-order valence-corrected chi connectivity index (χ2v) is 6.41. The molecule has 0 saturated carbocycles. The monoisotopic (exact) mass is 330 g/mol. The molecule has 6 heteroatoms. The average molecular weight is 331 g/mol. The van der Waals surface area contributed by atoms with Crippen LogP contribution in [0.1, 0.15) is 23.7 Å². The summed E-state index contributed by atoms with van der Waals surface area (Å²) in [7, 11) is -3.49. The van der Waals surface area contributed by atoms with Crippen LogP contribution in [0.25, 0.3) is 0 Å². The van der Waals surface area contributed by atoms with Gasteiger partial charge in [-0.3, -0.25) is 0 Å². The first-order chi connectivity index (χ1) is 8.38. The van der Waals surface area contributed by atoms with E-state index in [0.29, 0.717) is 4.47 Å². The normalized spacial score (nSPS) is 10.6. The van der Waals surface area contributed by atoms with Crippen molar-refractivity contribution in [3.8, 4) is 11.8 Å². The molecular weight excluding hydrogens is 320 g/mol. The molecular formula is C12H11BrO4S. The van der Waals surface area contributed by atoms with Crippen LogP contribution in [-0.4, -0.2) is 25.2 Å². The number of carboxylic acid groups (broad SMARTS) is 1. The van der Waals surface area contributed by atoms with E-state index in [1.54, 1.807) is 6.92 Å². The molecule has 0 aliphatic carbocycles. The lowest BCUT2D eigenvalue weighted by atomic mass is 10.2. The first-order valence-corrected chi connectivity index (χ1v) is 7.48. The fraction of sp³-hybridized carbons (Fsp3) is 0.250. The zero-order valence-corrected chi connectivity index (χ0v) is 12.0. The molecule has 0 aliphatic rings. The lowest BCUT2D eigenvalue weighted by Crippen LogP contribution is -2.08. The number of aromatic carboxylic acids is 1. The minimum Gasteiger partial charge on any atom is -0.478 e. The molecule has 0 spiro atoms. The highest BCUT2D eigenvalue weighted by Crippen LogP contribution is 2.22. The molecule has 0 saturated heterocycles. The Morgan fingerprint density at radius 3 is 2.67 bits per heavy atom. The van der Waals surface area contributed by atoms with Crippen molar-refractivity contribution < 1.29 is 18.3 Å². The first kappa shape index (κ1) is 14.7. The summed E-state index contributed by atoms with van der Waals surface area (Å²) < 4.78 is 24.2. The smallest absolute Gasteiger partial charge is 0.336 e. The Bertz CT molecular complexity index is 623. The van der Waals surface area contributed by atoms with Crippen molar-refractivity contribution in [2.75, 3.05) is 5.75 Å². The fourth-order valence-corrected chi connectivity index (χ4v) is 2.89. The first-order valence-electron chi connectivity index (χ1n) is 5.03. The van der Waals surface area contributed by atoms with Gasteiger partial charge in [0.2, 0.25) is 0 Å². The second kappa shape index (κ2) is 6.03. The van der Waals surface area contributed by atoms with E-state index in [4.69, 9.17) is 5.11 Å². The van der Waals surface area contributed by atoms with Crippen LogP contribution in [0.2, 0.25) is 0 Å². The Labute approximate surface area is 114 Å². The summed E-state index contributed by atoms with van der Waals surface area (Å²) in [4.78, 5) is 10.9. The summed E-state index contributed by atoms with van der Waals surface area (Å²) in [5, 5.41) is 8.92. The third kappa shape index (κ3) is 3.59. The van der Waals surface area contributed by atoms with E-state index < -0.39 is 15.8 Å². The van der Waals surface area contributed by atoms with Crippen LogP contribution in [-0.2, 0) is 9.84 Å². The summed E-state index contributed by atoms with van der Waals surface area (Å²) in [6, 6.07) is 3.95. The van der Waals surface area contributed by atoms with Gasteiger partial charge in [-0.15, -0.1) is 11.8 Å². The van der Waals surface area contributed by atoms with Crippen molar-refractivity contribution in [2.24, 2.45) is 0 Å². The zero-order valence-electron chi connectivity index (χ0n) is 9.60. The van der Waals surface area contributed by atoms with Crippen LogP contribution in [0.4, 0.5) is 0 Å². The Morgan fingerprint density at radius 2 is 2.11 bits per heavy atom. The van der Waals surface area contributed by atoms with Crippen LogP contribution < -0.4 is 0 Å². The second-order valence-electron chi connectivity index (χ2n) is 3.44. The SMILES string of the molecule is CC#CCCS(=O)(=O)c1ccc(Br)c(C(=O)O)c1. The van der Waals surface area contributed by atoms with Crippen LogP contribution in [0, 0.1) is 11.8 Å². The number of halogens is 1. The molecule has 4 nitrogen and oxygen atoms in total. The van der Waals surface area contributed by atoms with Crippen molar-refractivity contribution in [2.45, 2.75) is 18.2 Å². The van der Waals surface area contributed by atoms with Crippen LogP contribution in [0.15, 0.2) is 27.6 Å². The van der Waals surface area contributed by atoms with E-state index in [1.165, 1.54) is 12.1 Å². The number of rotatable bonds is 4. The van der Waals surface area contributed by atoms with Crippen molar-refractivity contribution in [3.63, 3.8) is 0 Å². The van der Waals surface area contributed by atoms with Crippen LogP contribution in [0.3, 0.4) is 0 Å². The maximum atomic E-state index is 11.9. The highest BCUT2D eigenvalue weighted by Gasteiger charge is 2.17. The summed E-state index contributed by atoms with van der Waals surface area (Å²) in [5.74, 6) is 3.99. The van der Waals surface area contributed by atoms with Crippen LogP contribution >= 0.6 is 15.9 Å². The number of hydrogen-bond acceptors (Lipinski definition) is 3. The molecule has 1 aromatic carbocycles. The molecule has 0 atom stereocenters. The summed E-state index contributed by atoms with van der Waals surface area (Å²) in [5.41, 5.74) is -0.0716. The van der Waals surface area contributed by atoms with E-state index >= 15 is 0 Å². The molecule has 0 radical (unpaired) electrons. The predicted octanol–water partition coefficient (Wildman–Crippen LogP) is 2.33. The average Bonchev–Trinajstić information content (AvgIpc) is 2.29. The molecule has 0 heterocycles. The molecule has 1 N–H and O–H groups in total. The molecule has 0 aromatic heterocycles. The van der Waals surface area contributed by atoms with Gasteiger partial charge in [0, 0.05) is 10.9 Å². The van der Waals surface area contributed by atoms with E-state index in [1.807, 2.05) is 0 Å². The number of sulfone groups is 1. The van der Waals surface area contributed by atoms with E-state index in [9.17, 15) is 13.2 Å². The maximum Gasteiger partial charge on any atom is 0.336 e. The van der Waals surface area contributed by atoms with Gasteiger partial charge in [-0.2, -0.15) is 0 Å². The minimum absolute atomic E-state index is 0.000929. The standard InChI is InChI=1S/C12H11BrO4S/c1-2-3-4-7-18(16,17)9-5-6-11(13)10(8-9)12(14)15/h5-6,8H,4,7H2,1H3,(H,14,15). The lowest BCUT2D eigenvalue weighted by Gasteiger charge is -2.05. The van der Waals surface area contributed by atoms with Gasteiger partial charge in [0.05, 0.1) is 16.2 Å². The van der Waals surface area contributed by atoms with E-state index in [-0.39, 0.29) is 22.6 Å². The Morgan fingerprint density at radius 1 is 1.44 bits per heavy atom. The van der Waals surface area contributed by atoms with Crippen molar-refractivity contribution in [1.82, 2.24) is 0 Å². The van der Waals surface area contributed by atoms with E-state index in [2.05, 4.69) is 27.8 Å². The molecule has 0 bridgehead atoms. The van der Waals surface area contributed by atoms with Gasteiger partial charge < -0.3 is 5.11 Å². The predicted molar refractivity (Wildman–Crippen MR) is 71.2 cm³/mol. The highest BCUT2D eigenvalue weighted by molar-refractivity contribution is 9.10. The van der Waals surface area contributed by atoms with Gasteiger partial charge in [0.25, 0.3) is 0 Å². The third-order valence-electron chi connectivity index (χ3n) is 2.20. The number of carboxylic acids is 1. The van der Waals surface area contributed by atoms with Crippen molar-refractivity contribution in [3.05, 3.63) is 28.2 Å². The molecule has 1 aromatic rings. The van der Waals surface area contributed by atoms with Gasteiger partial charge in [-0.25, -0.2) is 13.2 Å². The molecule has 18 heavy (non-hydrogen) atoms. The molecule has 0 amide bonds. The summed E-state index contributed by atoms with van der Waals surface area (Å²) in [6.07, 6.45) is 0.233. The van der Waals surface area contributed by atoms with Crippen molar-refractivity contribution >= 4 is 31.7 Å². The van der Waals surface area contributed by atoms with Gasteiger partial charge in [-0.05, 0) is 41.1 Å². The van der Waals surface area contributed by atoms with Gasteiger partial charge in [-0.1, -0.05) is 0 Å². The Hall–Kier alpha value is -1.32. The Kier molecular flexibility index (Phi) is 4.93. The Balaban J connectivity index is 3.12. The van der Waals surface area contributed by atoms with Gasteiger partial charge in [0.1, 0.15) is 0 Å². The zero-order chi connectivity index (χ0) is 13.8. The molecule has 1 rings (SSSR count). The minimum atomic E-state index is -3.49. The van der Waals surface area contributed by atoms with Crippen LogP contribution in [0.5, 0.6) is 0 Å². The third-order valence-corrected chi connectivity index (χ3v) is 4.61. The topological polar surface area (TPSA) is 71.4 Å². The quantitative estimate of drug-likeness (QED) is 0.860. The van der Waals surface area contributed by atoms with Crippen molar-refractivity contribution in [1.29, 1.82) is 0 Å². The van der Waals surface area contributed by atoms with Gasteiger partial charge >= 0.3 is 5.97 Å². The molecule has 0 aliphatic heterocycles. The fourth-order valence-electron chi connectivity index (χ4n) is 1.29. The number of hydrogen-bond donors (Lipinski definition) is 1. The maximum absolute atomic E-state index is 11.9. The highest BCUT2D eigenvalue weighted by atomic mass is 79.9. The van der Waals surface area contributed by atoms with Gasteiger partial charge in [0.15, 0.2) is 9.84 Å². The molecule has 96 valence electrons. The summed E-state index contributed by atoms with van der Waals surface area (Å²) in [6.45, 7) is 1.63. The number of carbonyl (C=O) groups is 1. The number of benzene rings is 1. The van der Waals surface area contributed by atoms with E-state index in [0.717, 1.165) is 6.07 Å². The summed E-state index contributed by atoms with van der Waals surface area (Å²) >= 11 is 3.06. The molecule has 0 fully saturated rings. The lowest BCUT2D eigenvalue weighted by molar-refractivity contribution is 0.0695.